The number of carboxylic acids is 2. The molecule has 6 aromatic rings. The molecular weight excluding hydrogens is 823 g/mol. The third-order valence-corrected chi connectivity index (χ3v) is 16.8. The fraction of sp³-hybridized carbons (Fsp3) is 0.136. The zero-order valence-electron chi connectivity index (χ0n) is 33.1. The fourth-order valence-electron chi connectivity index (χ4n) is 5.66. The van der Waals surface area contributed by atoms with E-state index in [0.717, 1.165) is 22.3 Å². The summed E-state index contributed by atoms with van der Waals surface area (Å²) in [5, 5.41) is 18.9. The van der Waals surface area contributed by atoms with Crippen molar-refractivity contribution in [1.82, 2.24) is 0 Å². The van der Waals surface area contributed by atoms with Crippen LogP contribution < -0.4 is 27.1 Å². The van der Waals surface area contributed by atoms with Crippen molar-refractivity contribution in [2.75, 3.05) is 0 Å². The lowest BCUT2D eigenvalue weighted by Crippen LogP contribution is -2.11. The van der Waals surface area contributed by atoms with Gasteiger partial charge in [-0.3, -0.25) is 9.59 Å². The summed E-state index contributed by atoms with van der Waals surface area (Å²) in [6.45, 7) is 7.80. The van der Waals surface area contributed by atoms with Crippen LogP contribution in [0.15, 0.2) is 159 Å². The number of hydrogen-bond acceptors (Lipinski definition) is 11. The van der Waals surface area contributed by atoms with Crippen molar-refractivity contribution < 1.29 is 46.9 Å². The van der Waals surface area contributed by atoms with Crippen molar-refractivity contribution in [3.8, 4) is 34.5 Å². The Morgan fingerprint density at radius 1 is 0.367 bits per heavy atom. The minimum atomic E-state index is -4.18. The SMILES string of the molecule is Cc1ccc(OP2(Oc3ccc(C)cc3)=NP(Oc3ccc(C)cc3)(Oc3ccc(CC(=O)O)cc3)=NP(Oc3ccc(C)cc3)(Oc3ccc(CC(=O)O)cc3)=N2)cc1. The van der Waals surface area contributed by atoms with Crippen molar-refractivity contribution in [3.05, 3.63) is 179 Å². The molecule has 6 aromatic carbocycles. The van der Waals surface area contributed by atoms with E-state index in [-0.39, 0.29) is 24.3 Å². The van der Waals surface area contributed by atoms with Crippen LogP contribution in [-0.4, -0.2) is 22.2 Å². The molecular formula is C44H42N3O10P3. The Bertz CT molecular complexity index is 2490. The molecule has 7 rings (SSSR count). The fourth-order valence-corrected chi connectivity index (χ4v) is 14.7. The highest BCUT2D eigenvalue weighted by atomic mass is 31.3. The molecule has 16 heteroatoms. The van der Waals surface area contributed by atoms with E-state index in [2.05, 4.69) is 0 Å². The molecule has 0 amide bonds. The number of benzene rings is 6. The van der Waals surface area contributed by atoms with Crippen LogP contribution in [0.4, 0.5) is 0 Å². The van der Waals surface area contributed by atoms with Crippen LogP contribution in [0.3, 0.4) is 0 Å². The van der Waals surface area contributed by atoms with Gasteiger partial charge in [0, 0.05) is 0 Å². The second-order valence-corrected chi connectivity index (χ2v) is 20.2. The van der Waals surface area contributed by atoms with Crippen LogP contribution in [0.1, 0.15) is 33.4 Å². The van der Waals surface area contributed by atoms with Gasteiger partial charge in [0.25, 0.3) is 0 Å². The zero-order chi connectivity index (χ0) is 42.3. The van der Waals surface area contributed by atoms with Gasteiger partial charge >= 0.3 is 34.9 Å². The molecule has 0 fully saturated rings. The zero-order valence-corrected chi connectivity index (χ0v) is 35.8. The maximum atomic E-state index is 11.6. The molecule has 0 aliphatic carbocycles. The topological polar surface area (TPSA) is 167 Å². The highest BCUT2D eigenvalue weighted by Gasteiger charge is 2.49. The molecule has 0 aromatic heterocycles. The monoisotopic (exact) mass is 865 g/mol. The largest absolute Gasteiger partial charge is 0.481 e. The number of nitrogens with zero attached hydrogens (tertiary/aromatic N) is 3. The molecule has 13 nitrogen and oxygen atoms in total. The van der Waals surface area contributed by atoms with E-state index in [4.69, 9.17) is 40.7 Å². The van der Waals surface area contributed by atoms with Gasteiger partial charge in [0.05, 0.1) is 12.8 Å². The van der Waals surface area contributed by atoms with Crippen LogP contribution in [0.2, 0.25) is 0 Å². The van der Waals surface area contributed by atoms with Crippen molar-refractivity contribution >= 4 is 34.9 Å². The Morgan fingerprint density at radius 2 is 0.550 bits per heavy atom. The highest BCUT2D eigenvalue weighted by molar-refractivity contribution is 7.79. The second kappa shape index (κ2) is 17.9. The minimum Gasteiger partial charge on any atom is -0.481 e. The summed E-state index contributed by atoms with van der Waals surface area (Å²) in [5.74, 6) is -0.0464. The van der Waals surface area contributed by atoms with Gasteiger partial charge in [0.15, 0.2) is 0 Å². The van der Waals surface area contributed by atoms with Crippen LogP contribution in [-0.2, 0) is 22.4 Å². The van der Waals surface area contributed by atoms with Gasteiger partial charge in [-0.05, 0) is 112 Å². The van der Waals surface area contributed by atoms with Gasteiger partial charge in [0.1, 0.15) is 34.5 Å². The first kappa shape index (κ1) is 41.9. The van der Waals surface area contributed by atoms with Gasteiger partial charge in [-0.1, -0.05) is 109 Å². The number of aliphatic carboxylic acids is 2. The van der Waals surface area contributed by atoms with E-state index in [0.29, 0.717) is 34.1 Å². The van der Waals surface area contributed by atoms with E-state index in [1.165, 1.54) is 0 Å². The average molecular weight is 866 g/mol. The molecule has 0 bridgehead atoms. The molecule has 2 N–H and O–H groups in total. The van der Waals surface area contributed by atoms with Crippen molar-refractivity contribution in [2.24, 2.45) is 13.5 Å². The number of carbonyl (C=O) groups is 2. The molecule has 1 aliphatic heterocycles. The molecule has 1 aliphatic rings. The van der Waals surface area contributed by atoms with Crippen LogP contribution in [0.5, 0.6) is 34.5 Å². The Balaban J connectivity index is 1.54. The van der Waals surface area contributed by atoms with E-state index in [1.54, 1.807) is 97.1 Å². The summed E-state index contributed by atoms with van der Waals surface area (Å²) in [6.07, 6.45) is -0.398. The molecule has 60 heavy (non-hydrogen) atoms. The van der Waals surface area contributed by atoms with Gasteiger partial charge in [-0.2, -0.15) is 0 Å². The lowest BCUT2D eigenvalue weighted by Gasteiger charge is -2.33. The van der Waals surface area contributed by atoms with E-state index < -0.39 is 34.9 Å². The summed E-state index contributed by atoms with van der Waals surface area (Å²) in [7, 11) is -12.5. The Hall–Kier alpha value is -6.25. The van der Waals surface area contributed by atoms with Crippen LogP contribution in [0.25, 0.3) is 0 Å². The van der Waals surface area contributed by atoms with E-state index in [9.17, 15) is 19.8 Å². The maximum Gasteiger partial charge on any atom is 0.460 e. The summed E-state index contributed by atoms with van der Waals surface area (Å²) < 4.78 is 56.7. The lowest BCUT2D eigenvalue weighted by molar-refractivity contribution is -0.137. The van der Waals surface area contributed by atoms with Gasteiger partial charge in [-0.25, -0.2) is 0 Å². The number of aryl methyl sites for hydroxylation is 4. The van der Waals surface area contributed by atoms with Crippen molar-refractivity contribution in [1.29, 1.82) is 0 Å². The lowest BCUT2D eigenvalue weighted by atomic mass is 10.1. The first-order chi connectivity index (χ1) is 28.7. The Morgan fingerprint density at radius 3 is 0.733 bits per heavy atom. The predicted octanol–water partition coefficient (Wildman–Crippen LogP) is 12.8. The van der Waals surface area contributed by atoms with Crippen molar-refractivity contribution in [3.63, 3.8) is 0 Å². The molecule has 2 unspecified atom stereocenters. The van der Waals surface area contributed by atoms with E-state index in [1.807, 2.05) is 76.2 Å². The molecule has 2 atom stereocenters. The number of carboxylic acid groups (broad SMARTS) is 2. The third-order valence-electron chi connectivity index (χ3n) is 8.67. The first-order valence-corrected chi connectivity index (χ1v) is 23.3. The Kier molecular flexibility index (Phi) is 12.5. The normalized spacial score (nSPS) is 17.7. The van der Waals surface area contributed by atoms with Gasteiger partial charge in [-0.15, -0.1) is 0 Å². The maximum absolute atomic E-state index is 11.6. The van der Waals surface area contributed by atoms with Crippen molar-refractivity contribution in [2.45, 2.75) is 40.5 Å². The predicted molar refractivity (Wildman–Crippen MR) is 232 cm³/mol. The summed E-state index contributed by atoms with van der Waals surface area (Å²) >= 11 is 0. The van der Waals surface area contributed by atoms with Crippen LogP contribution >= 0.6 is 23.0 Å². The third kappa shape index (κ3) is 11.1. The smallest absolute Gasteiger partial charge is 0.460 e. The van der Waals surface area contributed by atoms with Crippen LogP contribution in [0, 0.1) is 27.7 Å². The molecule has 0 saturated carbocycles. The average Bonchev–Trinajstić information content (AvgIpc) is 3.19. The molecule has 308 valence electrons. The molecule has 1 heterocycles. The molecule has 0 saturated heterocycles. The standard InChI is InChI=1S/C44H42N3O10P3/c1-31-5-17-37(18-6-31)52-58(53-38-19-7-32(2)8-20-38)45-59(54-39-21-9-33(3)10-22-39,56-41-25-13-35(14-26-41)29-43(48)49)47-60(46-58,55-40-23-11-34(4)12-24-40)57-42-27-15-36(16-28-42)30-44(50)51/h5-28H,29-30H2,1-4H3,(H,48,49)(H,50,51). The molecule has 0 spiro atoms. The number of hydrogen-bond donors (Lipinski definition) is 2. The highest BCUT2D eigenvalue weighted by Crippen LogP contribution is 2.78. The summed E-state index contributed by atoms with van der Waals surface area (Å²) in [6, 6.07) is 42.1. The summed E-state index contributed by atoms with van der Waals surface area (Å²) in [5.41, 5.74) is 5.01. The quantitative estimate of drug-likeness (QED) is 0.0894. The number of rotatable bonds is 16. The van der Waals surface area contributed by atoms with Gasteiger partial charge < -0.3 is 37.4 Å². The minimum absolute atomic E-state index is 0.199. The van der Waals surface area contributed by atoms with Gasteiger partial charge in [0.2, 0.25) is 0 Å². The Labute approximate surface area is 348 Å². The first-order valence-electron chi connectivity index (χ1n) is 18.7. The summed E-state index contributed by atoms with van der Waals surface area (Å²) in [4.78, 5) is 23.1. The second-order valence-electron chi connectivity index (χ2n) is 14.0. The van der Waals surface area contributed by atoms with E-state index >= 15 is 0 Å². The molecule has 0 radical (unpaired) electrons.